The molecule has 0 aliphatic rings. The van der Waals surface area contributed by atoms with Crippen molar-refractivity contribution in [3.05, 3.63) is 107 Å². The second-order valence-electron chi connectivity index (χ2n) is 6.25. The SMILES string of the molecule is CNC(=O)c1cccc(CNC(=O)C(c2ccccc2)c2ccccc2)c1. The van der Waals surface area contributed by atoms with Crippen molar-refractivity contribution in [1.82, 2.24) is 10.6 Å². The molecule has 136 valence electrons. The Kier molecular flexibility index (Phi) is 6.00. The fourth-order valence-corrected chi connectivity index (χ4v) is 3.04. The minimum absolute atomic E-state index is 0.0715. The van der Waals surface area contributed by atoms with Gasteiger partial charge in [0, 0.05) is 19.2 Å². The molecule has 0 spiro atoms. The van der Waals surface area contributed by atoms with Gasteiger partial charge in [0.15, 0.2) is 0 Å². The topological polar surface area (TPSA) is 58.2 Å². The average Bonchev–Trinajstić information content (AvgIpc) is 2.73. The van der Waals surface area contributed by atoms with Crippen molar-refractivity contribution in [1.29, 1.82) is 0 Å². The third-order valence-corrected chi connectivity index (χ3v) is 4.41. The van der Waals surface area contributed by atoms with Crippen molar-refractivity contribution >= 4 is 11.8 Å². The number of hydrogen-bond acceptors (Lipinski definition) is 2. The molecule has 0 saturated heterocycles. The molecule has 3 aromatic carbocycles. The van der Waals surface area contributed by atoms with Crippen LogP contribution in [-0.2, 0) is 11.3 Å². The van der Waals surface area contributed by atoms with E-state index < -0.39 is 0 Å². The van der Waals surface area contributed by atoms with Crippen LogP contribution in [0.4, 0.5) is 0 Å². The largest absolute Gasteiger partial charge is 0.355 e. The quantitative estimate of drug-likeness (QED) is 0.709. The van der Waals surface area contributed by atoms with E-state index in [0.717, 1.165) is 16.7 Å². The van der Waals surface area contributed by atoms with Crippen LogP contribution in [0.2, 0.25) is 0 Å². The molecule has 2 amide bonds. The summed E-state index contributed by atoms with van der Waals surface area (Å²) < 4.78 is 0. The van der Waals surface area contributed by atoms with Crippen LogP contribution in [0.1, 0.15) is 33.0 Å². The zero-order chi connectivity index (χ0) is 19.1. The maximum absolute atomic E-state index is 13.0. The van der Waals surface area contributed by atoms with Crippen LogP contribution in [0, 0.1) is 0 Å². The minimum atomic E-state index is -0.380. The minimum Gasteiger partial charge on any atom is -0.355 e. The Morgan fingerprint density at radius 2 is 1.41 bits per heavy atom. The van der Waals surface area contributed by atoms with Gasteiger partial charge >= 0.3 is 0 Å². The number of amides is 2. The number of rotatable bonds is 6. The molecule has 0 fully saturated rings. The van der Waals surface area contributed by atoms with E-state index in [1.807, 2.05) is 72.8 Å². The Bertz CT molecular complexity index is 868. The van der Waals surface area contributed by atoms with E-state index in [0.29, 0.717) is 12.1 Å². The summed E-state index contributed by atoms with van der Waals surface area (Å²) in [5.41, 5.74) is 3.34. The van der Waals surface area contributed by atoms with Gasteiger partial charge in [0.1, 0.15) is 0 Å². The molecule has 3 aromatic rings. The fourth-order valence-electron chi connectivity index (χ4n) is 3.04. The van der Waals surface area contributed by atoms with E-state index >= 15 is 0 Å². The number of benzene rings is 3. The Morgan fingerprint density at radius 3 is 1.96 bits per heavy atom. The molecule has 0 unspecified atom stereocenters. The van der Waals surface area contributed by atoms with Crippen LogP contribution in [0.5, 0.6) is 0 Å². The summed E-state index contributed by atoms with van der Waals surface area (Å²) in [6.07, 6.45) is 0. The molecule has 2 N–H and O–H groups in total. The van der Waals surface area contributed by atoms with Crippen molar-refractivity contribution < 1.29 is 9.59 Å². The second kappa shape index (κ2) is 8.81. The van der Waals surface area contributed by atoms with Crippen LogP contribution in [0.25, 0.3) is 0 Å². The van der Waals surface area contributed by atoms with Crippen LogP contribution in [0.3, 0.4) is 0 Å². The van der Waals surface area contributed by atoms with Gasteiger partial charge in [-0.15, -0.1) is 0 Å². The highest BCUT2D eigenvalue weighted by molar-refractivity contribution is 5.94. The number of carbonyl (C=O) groups excluding carboxylic acids is 2. The molecule has 4 heteroatoms. The van der Waals surface area contributed by atoms with Gasteiger partial charge in [-0.1, -0.05) is 72.8 Å². The zero-order valence-electron chi connectivity index (χ0n) is 15.2. The molecule has 0 aromatic heterocycles. The monoisotopic (exact) mass is 358 g/mol. The Morgan fingerprint density at radius 1 is 0.815 bits per heavy atom. The summed E-state index contributed by atoms with van der Waals surface area (Å²) in [6, 6.07) is 26.7. The van der Waals surface area contributed by atoms with E-state index in [9.17, 15) is 9.59 Å². The predicted octanol–water partition coefficient (Wildman–Crippen LogP) is 3.49. The molecular weight excluding hydrogens is 336 g/mol. The molecule has 0 bridgehead atoms. The molecule has 27 heavy (non-hydrogen) atoms. The standard InChI is InChI=1S/C23H22N2O2/c1-24-22(26)20-14-8-9-17(15-20)16-25-23(27)21(18-10-4-2-5-11-18)19-12-6-3-7-13-19/h2-15,21H,16H2,1H3,(H,24,26)(H,25,27). The first-order chi connectivity index (χ1) is 13.2. The molecular formula is C23H22N2O2. The molecule has 0 aliphatic carbocycles. The summed E-state index contributed by atoms with van der Waals surface area (Å²) in [5.74, 6) is -0.595. The molecule has 3 rings (SSSR count). The first kappa shape index (κ1) is 18.4. The Labute approximate surface area is 159 Å². The highest BCUT2D eigenvalue weighted by Gasteiger charge is 2.22. The predicted molar refractivity (Wildman–Crippen MR) is 106 cm³/mol. The van der Waals surface area contributed by atoms with E-state index in [2.05, 4.69) is 10.6 Å². The lowest BCUT2D eigenvalue weighted by molar-refractivity contribution is -0.121. The third-order valence-electron chi connectivity index (χ3n) is 4.41. The van der Waals surface area contributed by atoms with E-state index in [1.54, 1.807) is 19.2 Å². The van der Waals surface area contributed by atoms with Gasteiger partial charge in [0.25, 0.3) is 5.91 Å². The van der Waals surface area contributed by atoms with E-state index in [4.69, 9.17) is 0 Å². The first-order valence-corrected chi connectivity index (χ1v) is 8.87. The lowest BCUT2D eigenvalue weighted by Gasteiger charge is -2.18. The van der Waals surface area contributed by atoms with Crippen molar-refractivity contribution in [3.8, 4) is 0 Å². The van der Waals surface area contributed by atoms with Crippen LogP contribution in [-0.4, -0.2) is 18.9 Å². The van der Waals surface area contributed by atoms with E-state index in [1.165, 1.54) is 0 Å². The van der Waals surface area contributed by atoms with Crippen molar-refractivity contribution in [2.75, 3.05) is 7.05 Å². The normalized spacial score (nSPS) is 10.4. The fraction of sp³-hybridized carbons (Fsp3) is 0.130. The number of nitrogens with one attached hydrogen (secondary N) is 2. The highest BCUT2D eigenvalue weighted by atomic mass is 16.2. The van der Waals surface area contributed by atoms with Gasteiger partial charge in [-0.25, -0.2) is 0 Å². The smallest absolute Gasteiger partial charge is 0.251 e. The van der Waals surface area contributed by atoms with Crippen LogP contribution < -0.4 is 10.6 Å². The number of hydrogen-bond donors (Lipinski definition) is 2. The van der Waals surface area contributed by atoms with Gasteiger partial charge < -0.3 is 10.6 Å². The number of carbonyl (C=O) groups is 2. The molecule has 0 saturated carbocycles. The van der Waals surface area contributed by atoms with Gasteiger partial charge in [0.05, 0.1) is 5.92 Å². The Balaban J connectivity index is 1.79. The summed E-state index contributed by atoms with van der Waals surface area (Å²) in [6.45, 7) is 0.361. The summed E-state index contributed by atoms with van der Waals surface area (Å²) >= 11 is 0. The van der Waals surface area contributed by atoms with E-state index in [-0.39, 0.29) is 17.7 Å². The Hall–Kier alpha value is -3.40. The summed E-state index contributed by atoms with van der Waals surface area (Å²) in [5, 5.41) is 5.62. The highest BCUT2D eigenvalue weighted by Crippen LogP contribution is 2.24. The molecule has 0 radical (unpaired) electrons. The molecule has 4 nitrogen and oxygen atoms in total. The average molecular weight is 358 g/mol. The summed E-state index contributed by atoms with van der Waals surface area (Å²) in [7, 11) is 1.60. The van der Waals surface area contributed by atoms with Crippen molar-refractivity contribution in [2.45, 2.75) is 12.5 Å². The lowest BCUT2D eigenvalue weighted by Crippen LogP contribution is -2.29. The maximum atomic E-state index is 13.0. The van der Waals surface area contributed by atoms with Gasteiger partial charge in [-0.2, -0.15) is 0 Å². The summed E-state index contributed by atoms with van der Waals surface area (Å²) in [4.78, 5) is 24.8. The van der Waals surface area contributed by atoms with Crippen molar-refractivity contribution in [2.24, 2.45) is 0 Å². The maximum Gasteiger partial charge on any atom is 0.251 e. The van der Waals surface area contributed by atoms with Gasteiger partial charge in [0.2, 0.25) is 5.91 Å². The first-order valence-electron chi connectivity index (χ1n) is 8.87. The molecule has 0 aliphatic heterocycles. The second-order valence-corrected chi connectivity index (χ2v) is 6.25. The van der Waals surface area contributed by atoms with Crippen LogP contribution in [0.15, 0.2) is 84.9 Å². The molecule has 0 heterocycles. The van der Waals surface area contributed by atoms with Gasteiger partial charge in [-0.05, 0) is 28.8 Å². The van der Waals surface area contributed by atoms with Gasteiger partial charge in [-0.3, -0.25) is 9.59 Å². The van der Waals surface area contributed by atoms with Crippen LogP contribution >= 0.6 is 0 Å². The molecule has 0 atom stereocenters. The lowest BCUT2D eigenvalue weighted by atomic mass is 9.90. The zero-order valence-corrected chi connectivity index (χ0v) is 15.2. The third kappa shape index (κ3) is 4.61. The van der Waals surface area contributed by atoms with Crippen molar-refractivity contribution in [3.63, 3.8) is 0 Å².